The van der Waals surface area contributed by atoms with E-state index >= 15 is 0 Å². The Kier molecular flexibility index (Phi) is 4.80. The van der Waals surface area contributed by atoms with Crippen LogP contribution in [0.1, 0.15) is 53.0 Å². The van der Waals surface area contributed by atoms with Crippen LogP contribution in [0.5, 0.6) is 0 Å². The number of halogens is 1. The number of carboxylic acids is 1. The Morgan fingerprint density at radius 1 is 1.30 bits per heavy atom. The highest BCUT2D eigenvalue weighted by Gasteiger charge is 2.27. The molecule has 1 heterocycles. The molecular formula is C17H18ClNO4. The summed E-state index contributed by atoms with van der Waals surface area (Å²) in [5.41, 5.74) is 0.155. The Morgan fingerprint density at radius 2 is 2.00 bits per heavy atom. The normalized spacial score (nSPS) is 11.3. The van der Waals surface area contributed by atoms with Gasteiger partial charge in [0.15, 0.2) is 5.76 Å². The number of benzene rings is 1. The molecule has 0 saturated heterocycles. The largest absolute Gasteiger partial charge is 0.478 e. The monoisotopic (exact) mass is 335 g/mol. The first-order valence-corrected chi connectivity index (χ1v) is 7.57. The van der Waals surface area contributed by atoms with Crippen LogP contribution < -0.4 is 5.32 Å². The van der Waals surface area contributed by atoms with E-state index in [2.05, 4.69) is 5.32 Å². The SMILES string of the molecule is CCc1oc(C(=O)NC(C)(C)c2cccc(Cl)c2)cc1C(=O)O. The lowest BCUT2D eigenvalue weighted by atomic mass is 9.94. The lowest BCUT2D eigenvalue weighted by molar-refractivity contribution is 0.0694. The second kappa shape index (κ2) is 6.46. The second-order valence-electron chi connectivity index (χ2n) is 5.70. The van der Waals surface area contributed by atoms with Gasteiger partial charge in [0.1, 0.15) is 11.3 Å². The van der Waals surface area contributed by atoms with E-state index in [4.69, 9.17) is 21.1 Å². The first kappa shape index (κ1) is 17.1. The minimum Gasteiger partial charge on any atom is -0.478 e. The molecule has 2 rings (SSSR count). The molecule has 6 heteroatoms. The van der Waals surface area contributed by atoms with E-state index in [-0.39, 0.29) is 17.1 Å². The third-order valence-corrected chi connectivity index (χ3v) is 3.79. The highest BCUT2D eigenvalue weighted by atomic mass is 35.5. The summed E-state index contributed by atoms with van der Waals surface area (Å²) < 4.78 is 5.37. The molecule has 0 aliphatic rings. The Labute approximate surface area is 139 Å². The number of hydrogen-bond donors (Lipinski definition) is 2. The van der Waals surface area contributed by atoms with Crippen molar-refractivity contribution in [1.29, 1.82) is 0 Å². The average Bonchev–Trinajstić information content (AvgIpc) is 2.91. The standard InChI is InChI=1S/C17H18ClNO4/c1-4-13-12(16(21)22)9-14(23-13)15(20)19-17(2,3)10-6-5-7-11(18)8-10/h5-9H,4H2,1-3H3,(H,19,20)(H,21,22). The molecule has 0 bridgehead atoms. The molecule has 0 aliphatic carbocycles. The zero-order valence-electron chi connectivity index (χ0n) is 13.1. The molecule has 0 saturated carbocycles. The van der Waals surface area contributed by atoms with Crippen molar-refractivity contribution in [2.45, 2.75) is 32.7 Å². The Hall–Kier alpha value is -2.27. The predicted molar refractivity (Wildman–Crippen MR) is 87.0 cm³/mol. The summed E-state index contributed by atoms with van der Waals surface area (Å²) in [6.07, 6.45) is 0.395. The highest BCUT2D eigenvalue weighted by Crippen LogP contribution is 2.24. The van der Waals surface area contributed by atoms with Crippen molar-refractivity contribution in [1.82, 2.24) is 5.32 Å². The van der Waals surface area contributed by atoms with E-state index in [1.54, 1.807) is 25.1 Å². The van der Waals surface area contributed by atoms with Crippen molar-refractivity contribution in [2.24, 2.45) is 0 Å². The van der Waals surface area contributed by atoms with Crippen molar-refractivity contribution >= 4 is 23.5 Å². The molecule has 122 valence electrons. The summed E-state index contributed by atoms with van der Waals surface area (Å²) in [6, 6.07) is 8.43. The smallest absolute Gasteiger partial charge is 0.339 e. The van der Waals surface area contributed by atoms with E-state index in [0.717, 1.165) is 5.56 Å². The van der Waals surface area contributed by atoms with Gasteiger partial charge < -0.3 is 14.8 Å². The summed E-state index contributed by atoms with van der Waals surface area (Å²) in [4.78, 5) is 23.5. The zero-order chi connectivity index (χ0) is 17.2. The number of carbonyl (C=O) groups is 2. The molecule has 1 amide bonds. The fourth-order valence-corrected chi connectivity index (χ4v) is 2.47. The summed E-state index contributed by atoms with van der Waals surface area (Å²) in [5, 5.41) is 12.5. The summed E-state index contributed by atoms with van der Waals surface area (Å²) in [6.45, 7) is 5.43. The van der Waals surface area contributed by atoms with Gasteiger partial charge in [-0.2, -0.15) is 0 Å². The van der Waals surface area contributed by atoms with Gasteiger partial charge in [-0.15, -0.1) is 0 Å². The van der Waals surface area contributed by atoms with Gasteiger partial charge >= 0.3 is 5.97 Å². The van der Waals surface area contributed by atoms with E-state index in [1.165, 1.54) is 6.07 Å². The van der Waals surface area contributed by atoms with Gasteiger partial charge in [-0.25, -0.2) is 4.79 Å². The third kappa shape index (κ3) is 3.74. The maximum atomic E-state index is 12.4. The van der Waals surface area contributed by atoms with Gasteiger partial charge in [-0.05, 0) is 31.5 Å². The fraction of sp³-hybridized carbons (Fsp3) is 0.294. The molecule has 2 N–H and O–H groups in total. The fourth-order valence-electron chi connectivity index (χ4n) is 2.28. The van der Waals surface area contributed by atoms with Crippen molar-refractivity contribution < 1.29 is 19.1 Å². The molecule has 23 heavy (non-hydrogen) atoms. The van der Waals surface area contributed by atoms with Crippen molar-refractivity contribution in [3.63, 3.8) is 0 Å². The number of furan rings is 1. The minimum atomic E-state index is -1.11. The number of amides is 1. The molecule has 0 fully saturated rings. The maximum Gasteiger partial charge on any atom is 0.339 e. The number of carbonyl (C=O) groups excluding carboxylic acids is 1. The van der Waals surface area contributed by atoms with E-state index in [1.807, 2.05) is 19.9 Å². The maximum absolute atomic E-state index is 12.4. The molecule has 0 spiro atoms. The van der Waals surface area contributed by atoms with Crippen LogP contribution >= 0.6 is 11.6 Å². The quantitative estimate of drug-likeness (QED) is 0.869. The van der Waals surface area contributed by atoms with Crippen LogP contribution in [0.25, 0.3) is 0 Å². The van der Waals surface area contributed by atoms with Crippen LogP contribution in [0.4, 0.5) is 0 Å². The number of nitrogens with one attached hydrogen (secondary N) is 1. The van der Waals surface area contributed by atoms with Crippen LogP contribution in [0.3, 0.4) is 0 Å². The van der Waals surface area contributed by atoms with Crippen molar-refractivity contribution in [3.8, 4) is 0 Å². The lowest BCUT2D eigenvalue weighted by Crippen LogP contribution is -2.40. The Morgan fingerprint density at radius 3 is 2.52 bits per heavy atom. The van der Waals surface area contributed by atoms with Crippen molar-refractivity contribution in [2.75, 3.05) is 0 Å². The molecule has 0 aliphatic heterocycles. The number of carboxylic acid groups (broad SMARTS) is 1. The van der Waals surface area contributed by atoms with Crippen LogP contribution in [-0.4, -0.2) is 17.0 Å². The molecule has 0 atom stereocenters. The number of aromatic carboxylic acids is 1. The van der Waals surface area contributed by atoms with Crippen LogP contribution in [-0.2, 0) is 12.0 Å². The summed E-state index contributed by atoms with van der Waals surface area (Å²) >= 11 is 5.99. The van der Waals surface area contributed by atoms with Gasteiger partial charge in [0.05, 0.1) is 5.54 Å². The number of hydrogen-bond acceptors (Lipinski definition) is 3. The predicted octanol–water partition coefficient (Wildman–Crippen LogP) is 3.86. The van der Waals surface area contributed by atoms with E-state index in [9.17, 15) is 9.59 Å². The average molecular weight is 336 g/mol. The molecule has 0 unspecified atom stereocenters. The summed E-state index contributed by atoms with van der Waals surface area (Å²) in [5.74, 6) is -1.33. The minimum absolute atomic E-state index is 0.0122. The van der Waals surface area contributed by atoms with Gasteiger partial charge in [-0.1, -0.05) is 30.7 Å². The van der Waals surface area contributed by atoms with E-state index in [0.29, 0.717) is 11.4 Å². The Bertz CT molecular complexity index is 749. The van der Waals surface area contributed by atoms with Gasteiger partial charge in [-0.3, -0.25) is 4.79 Å². The molecule has 5 nitrogen and oxygen atoms in total. The third-order valence-electron chi connectivity index (χ3n) is 3.56. The van der Waals surface area contributed by atoms with Gasteiger partial charge in [0, 0.05) is 17.5 Å². The van der Waals surface area contributed by atoms with Gasteiger partial charge in [0.25, 0.3) is 5.91 Å². The van der Waals surface area contributed by atoms with Gasteiger partial charge in [0.2, 0.25) is 0 Å². The summed E-state index contributed by atoms with van der Waals surface area (Å²) in [7, 11) is 0. The Balaban J connectivity index is 2.26. The first-order chi connectivity index (χ1) is 10.7. The van der Waals surface area contributed by atoms with Crippen LogP contribution in [0.15, 0.2) is 34.7 Å². The molecule has 2 aromatic rings. The number of rotatable bonds is 5. The highest BCUT2D eigenvalue weighted by molar-refractivity contribution is 6.30. The first-order valence-electron chi connectivity index (χ1n) is 7.19. The molecule has 1 aromatic carbocycles. The van der Waals surface area contributed by atoms with E-state index < -0.39 is 17.4 Å². The topological polar surface area (TPSA) is 79.5 Å². The zero-order valence-corrected chi connectivity index (χ0v) is 13.9. The second-order valence-corrected chi connectivity index (χ2v) is 6.13. The van der Waals surface area contributed by atoms with Crippen LogP contribution in [0.2, 0.25) is 5.02 Å². The number of aryl methyl sites for hydroxylation is 1. The van der Waals surface area contributed by atoms with Crippen molar-refractivity contribution in [3.05, 3.63) is 58.0 Å². The molecular weight excluding hydrogens is 318 g/mol. The molecule has 0 radical (unpaired) electrons. The van der Waals surface area contributed by atoms with Crippen LogP contribution in [0, 0.1) is 0 Å². The lowest BCUT2D eigenvalue weighted by Gasteiger charge is -2.26. The molecule has 1 aromatic heterocycles.